The van der Waals surface area contributed by atoms with Gasteiger partial charge in [0.25, 0.3) is 0 Å². The van der Waals surface area contributed by atoms with Gasteiger partial charge in [0.05, 0.1) is 19.4 Å². The van der Waals surface area contributed by atoms with Crippen LogP contribution in [0, 0.1) is 0 Å². The number of fused-ring (bicyclic) bond motifs is 1. The molecule has 0 unspecified atom stereocenters. The van der Waals surface area contributed by atoms with Crippen molar-refractivity contribution >= 4 is 34.5 Å². The van der Waals surface area contributed by atoms with Crippen molar-refractivity contribution in [2.45, 2.75) is 12.1 Å². The lowest BCUT2D eigenvalue weighted by Gasteiger charge is -2.14. The molecule has 0 aliphatic carbocycles. The molecular formula is C19H19BrN4O2S. The molecule has 4 rings (SSSR count). The molecule has 2 aromatic carbocycles. The van der Waals surface area contributed by atoms with Crippen LogP contribution in [0.5, 0.6) is 11.5 Å². The Morgan fingerprint density at radius 2 is 1.85 bits per heavy atom. The smallest absolute Gasteiger partial charge is 0.212 e. The van der Waals surface area contributed by atoms with E-state index in [0.717, 1.165) is 39.2 Å². The van der Waals surface area contributed by atoms with Gasteiger partial charge in [0.15, 0.2) is 5.82 Å². The average Bonchev–Trinajstić information content (AvgIpc) is 3.12. The lowest BCUT2D eigenvalue weighted by Crippen LogP contribution is -2.13. The van der Waals surface area contributed by atoms with Crippen molar-refractivity contribution in [3.05, 3.63) is 54.1 Å². The largest absolute Gasteiger partial charge is 0.497 e. The van der Waals surface area contributed by atoms with Gasteiger partial charge in [0.2, 0.25) is 5.16 Å². The summed E-state index contributed by atoms with van der Waals surface area (Å²) in [7, 11) is 1.65. The summed E-state index contributed by atoms with van der Waals surface area (Å²) >= 11 is 1.63. The van der Waals surface area contributed by atoms with Crippen LogP contribution in [0.1, 0.15) is 12.5 Å². The molecule has 0 atom stereocenters. The highest BCUT2D eigenvalue weighted by Crippen LogP contribution is 2.30. The first-order valence-electron chi connectivity index (χ1n) is 8.32. The van der Waals surface area contributed by atoms with E-state index < -0.39 is 0 Å². The van der Waals surface area contributed by atoms with Gasteiger partial charge in [-0.2, -0.15) is 9.78 Å². The van der Waals surface area contributed by atoms with E-state index in [-0.39, 0.29) is 17.0 Å². The first kappa shape index (κ1) is 19.4. The van der Waals surface area contributed by atoms with E-state index >= 15 is 0 Å². The molecule has 8 heteroatoms. The second kappa shape index (κ2) is 8.58. The molecule has 1 aliphatic heterocycles. The number of halogens is 1. The van der Waals surface area contributed by atoms with Crippen LogP contribution in [0.4, 0.5) is 0 Å². The number of benzene rings is 2. The number of hydrogen-bond acceptors (Lipinski definition) is 6. The number of rotatable bonds is 5. The van der Waals surface area contributed by atoms with Crippen molar-refractivity contribution in [2.75, 3.05) is 19.5 Å². The van der Waals surface area contributed by atoms with Crippen molar-refractivity contribution in [3.63, 3.8) is 0 Å². The van der Waals surface area contributed by atoms with E-state index in [9.17, 15) is 0 Å². The van der Waals surface area contributed by atoms with E-state index in [1.165, 1.54) is 0 Å². The van der Waals surface area contributed by atoms with Gasteiger partial charge >= 0.3 is 0 Å². The highest BCUT2D eigenvalue weighted by molar-refractivity contribution is 8.93. The molecule has 27 heavy (non-hydrogen) atoms. The van der Waals surface area contributed by atoms with E-state index in [1.807, 2.05) is 55.5 Å². The first-order chi connectivity index (χ1) is 12.8. The van der Waals surface area contributed by atoms with Crippen LogP contribution < -0.4 is 9.47 Å². The summed E-state index contributed by atoms with van der Waals surface area (Å²) in [6.07, 6.45) is 0. The Kier molecular flexibility index (Phi) is 6.18. The molecule has 6 nitrogen and oxygen atoms in total. The van der Waals surface area contributed by atoms with E-state index in [4.69, 9.17) is 14.6 Å². The first-order valence-corrected chi connectivity index (χ1v) is 9.30. The topological polar surface area (TPSA) is 61.5 Å². The second-order valence-electron chi connectivity index (χ2n) is 5.64. The fraction of sp³-hybridized carbons (Fsp3) is 0.211. The maximum atomic E-state index is 5.51. The average molecular weight is 447 g/mol. The Morgan fingerprint density at radius 3 is 2.59 bits per heavy atom. The Bertz CT molecular complexity index is 957. The van der Waals surface area contributed by atoms with Crippen molar-refractivity contribution in [1.82, 2.24) is 14.9 Å². The molecule has 140 valence electrons. The third-order valence-corrected chi connectivity index (χ3v) is 4.93. The van der Waals surface area contributed by atoms with Gasteiger partial charge in [0, 0.05) is 11.3 Å². The number of hydrogen-bond donors (Lipinski definition) is 0. The molecule has 0 spiro atoms. The zero-order valence-corrected chi connectivity index (χ0v) is 17.5. The molecule has 1 aromatic heterocycles. The molecule has 0 amide bonds. The monoisotopic (exact) mass is 446 g/mol. The Hall–Kier alpha value is -2.32. The number of nitrogens with zero attached hydrogens (tertiary/aromatic N) is 4. The summed E-state index contributed by atoms with van der Waals surface area (Å²) < 4.78 is 12.6. The normalized spacial score (nSPS) is 12.6. The minimum atomic E-state index is 0. The minimum absolute atomic E-state index is 0. The standard InChI is InChI=1S/C19H18N4O2S.BrH/c1-3-25-15-9-7-13(8-10-15)17-12-26-19-21-20-18(23(19)22-17)14-5-4-6-16(11-14)24-2;/h4-11H,3,12H2,1-2H3;1H. The third-order valence-electron chi connectivity index (χ3n) is 4.00. The molecule has 0 radical (unpaired) electrons. The summed E-state index contributed by atoms with van der Waals surface area (Å²) in [6.45, 7) is 2.63. The molecule has 0 bridgehead atoms. The van der Waals surface area contributed by atoms with Crippen LogP contribution in [0.2, 0.25) is 0 Å². The lowest BCUT2D eigenvalue weighted by molar-refractivity contribution is 0.340. The van der Waals surface area contributed by atoms with Crippen molar-refractivity contribution in [1.29, 1.82) is 0 Å². The molecule has 0 saturated heterocycles. The van der Waals surface area contributed by atoms with Crippen LogP contribution in [-0.2, 0) is 0 Å². The van der Waals surface area contributed by atoms with Gasteiger partial charge in [-0.3, -0.25) is 0 Å². The van der Waals surface area contributed by atoms with Crippen LogP contribution in [0.25, 0.3) is 11.4 Å². The SMILES string of the molecule is Br.CCOc1ccc(C2=Nn3c(nnc3-c3cccc(OC)c3)SC2)cc1. The predicted octanol–water partition coefficient (Wildman–Crippen LogP) is 4.29. The second-order valence-corrected chi connectivity index (χ2v) is 6.59. The molecule has 2 heterocycles. The van der Waals surface area contributed by atoms with Crippen LogP contribution in [0.3, 0.4) is 0 Å². The summed E-state index contributed by atoms with van der Waals surface area (Å²) in [6, 6.07) is 15.8. The summed E-state index contributed by atoms with van der Waals surface area (Å²) in [5.74, 6) is 3.10. The highest BCUT2D eigenvalue weighted by Gasteiger charge is 2.21. The van der Waals surface area contributed by atoms with E-state index in [0.29, 0.717) is 12.4 Å². The lowest BCUT2D eigenvalue weighted by atomic mass is 10.1. The van der Waals surface area contributed by atoms with Gasteiger partial charge in [-0.05, 0) is 48.9 Å². The predicted molar refractivity (Wildman–Crippen MR) is 113 cm³/mol. The Balaban J connectivity index is 0.00000210. The van der Waals surface area contributed by atoms with Crippen molar-refractivity contribution in [2.24, 2.45) is 5.10 Å². The van der Waals surface area contributed by atoms with Gasteiger partial charge in [-0.25, -0.2) is 0 Å². The number of ether oxygens (including phenoxy) is 2. The van der Waals surface area contributed by atoms with Crippen LogP contribution >= 0.6 is 28.7 Å². The molecule has 3 aromatic rings. The molecule has 0 fully saturated rings. The van der Waals surface area contributed by atoms with Gasteiger partial charge in [-0.1, -0.05) is 23.9 Å². The van der Waals surface area contributed by atoms with Crippen molar-refractivity contribution < 1.29 is 9.47 Å². The maximum absolute atomic E-state index is 5.51. The molecule has 0 N–H and O–H groups in total. The summed E-state index contributed by atoms with van der Waals surface area (Å²) in [5, 5.41) is 14.2. The summed E-state index contributed by atoms with van der Waals surface area (Å²) in [5.41, 5.74) is 2.96. The zero-order chi connectivity index (χ0) is 17.9. The fourth-order valence-electron chi connectivity index (χ4n) is 2.72. The Morgan fingerprint density at radius 1 is 1.04 bits per heavy atom. The number of methoxy groups -OCH3 is 1. The minimum Gasteiger partial charge on any atom is -0.497 e. The third kappa shape index (κ3) is 4.01. The number of thioether (sulfide) groups is 1. The molecule has 0 saturated carbocycles. The van der Waals surface area contributed by atoms with Crippen molar-refractivity contribution in [3.8, 4) is 22.9 Å². The number of aromatic nitrogens is 3. The van der Waals surface area contributed by atoms with Gasteiger partial charge in [0.1, 0.15) is 11.5 Å². The van der Waals surface area contributed by atoms with Gasteiger partial charge in [-0.15, -0.1) is 27.2 Å². The quantitative estimate of drug-likeness (QED) is 0.584. The molecular weight excluding hydrogens is 428 g/mol. The maximum Gasteiger partial charge on any atom is 0.212 e. The van der Waals surface area contributed by atoms with E-state index in [1.54, 1.807) is 23.5 Å². The molecule has 1 aliphatic rings. The van der Waals surface area contributed by atoms with Crippen LogP contribution in [0.15, 0.2) is 58.8 Å². The van der Waals surface area contributed by atoms with Gasteiger partial charge < -0.3 is 9.47 Å². The fourth-order valence-corrected chi connectivity index (χ4v) is 3.56. The Labute approximate surface area is 172 Å². The van der Waals surface area contributed by atoms with E-state index in [2.05, 4.69) is 10.2 Å². The zero-order valence-electron chi connectivity index (χ0n) is 15.0. The summed E-state index contributed by atoms with van der Waals surface area (Å²) in [4.78, 5) is 0. The highest BCUT2D eigenvalue weighted by atomic mass is 79.9. The van der Waals surface area contributed by atoms with Crippen LogP contribution in [-0.4, -0.2) is 40.1 Å².